The molecule has 0 saturated heterocycles. The summed E-state index contributed by atoms with van der Waals surface area (Å²) in [6, 6.07) is 4.11. The second kappa shape index (κ2) is 7.09. The standard InChI is InChI=1S/C17H21BrN2O2/c1-5-20(6-2)16-12-8-11(4)9-14(18)15(12)19-10-13(16)17(21)22-7-3/h8-10H,5-7H2,1-4H3. The molecule has 0 fully saturated rings. The number of aryl methyl sites for hydroxylation is 1. The topological polar surface area (TPSA) is 42.4 Å². The number of fused-ring (bicyclic) bond motifs is 1. The van der Waals surface area contributed by atoms with E-state index in [2.05, 4.69) is 45.7 Å². The summed E-state index contributed by atoms with van der Waals surface area (Å²) in [4.78, 5) is 18.9. The van der Waals surface area contributed by atoms with Gasteiger partial charge in [-0.15, -0.1) is 0 Å². The van der Waals surface area contributed by atoms with Crippen molar-refractivity contribution in [1.82, 2.24) is 4.98 Å². The van der Waals surface area contributed by atoms with E-state index in [1.54, 1.807) is 6.20 Å². The summed E-state index contributed by atoms with van der Waals surface area (Å²) in [5.41, 5.74) is 3.41. The van der Waals surface area contributed by atoms with Crippen molar-refractivity contribution in [3.63, 3.8) is 0 Å². The molecule has 0 unspecified atom stereocenters. The van der Waals surface area contributed by atoms with E-state index in [0.717, 1.165) is 39.7 Å². The number of nitrogens with zero attached hydrogens (tertiary/aromatic N) is 2. The largest absolute Gasteiger partial charge is 0.462 e. The predicted octanol–water partition coefficient (Wildman–Crippen LogP) is 4.33. The molecule has 0 aliphatic heterocycles. The Morgan fingerprint density at radius 2 is 1.95 bits per heavy atom. The number of hydrogen-bond donors (Lipinski definition) is 0. The number of benzene rings is 1. The highest BCUT2D eigenvalue weighted by atomic mass is 79.9. The molecule has 22 heavy (non-hydrogen) atoms. The van der Waals surface area contributed by atoms with Gasteiger partial charge in [0.05, 0.1) is 17.8 Å². The minimum atomic E-state index is -0.323. The highest BCUT2D eigenvalue weighted by molar-refractivity contribution is 9.10. The smallest absolute Gasteiger partial charge is 0.341 e. The zero-order valence-electron chi connectivity index (χ0n) is 13.4. The molecular formula is C17H21BrN2O2. The van der Waals surface area contributed by atoms with Gasteiger partial charge in [0, 0.05) is 29.1 Å². The van der Waals surface area contributed by atoms with Crippen LogP contribution in [0.4, 0.5) is 5.69 Å². The molecule has 5 heteroatoms. The Morgan fingerprint density at radius 3 is 2.55 bits per heavy atom. The molecule has 0 aliphatic rings. The minimum Gasteiger partial charge on any atom is -0.462 e. The molecule has 1 heterocycles. The van der Waals surface area contributed by atoms with Gasteiger partial charge < -0.3 is 9.64 Å². The number of anilines is 1. The lowest BCUT2D eigenvalue weighted by molar-refractivity contribution is 0.0527. The lowest BCUT2D eigenvalue weighted by atomic mass is 10.1. The second-order valence-electron chi connectivity index (χ2n) is 5.06. The fourth-order valence-corrected chi connectivity index (χ4v) is 3.30. The number of esters is 1. The maximum Gasteiger partial charge on any atom is 0.341 e. The Morgan fingerprint density at radius 1 is 1.27 bits per heavy atom. The van der Waals surface area contributed by atoms with Crippen molar-refractivity contribution < 1.29 is 9.53 Å². The van der Waals surface area contributed by atoms with Crippen LogP contribution in [0.5, 0.6) is 0 Å². The Bertz CT molecular complexity index is 697. The molecule has 0 aliphatic carbocycles. The maximum absolute atomic E-state index is 12.3. The second-order valence-corrected chi connectivity index (χ2v) is 5.91. The molecule has 118 valence electrons. The first-order chi connectivity index (χ1) is 10.5. The summed E-state index contributed by atoms with van der Waals surface area (Å²) in [5, 5.41) is 0.973. The van der Waals surface area contributed by atoms with Crippen LogP contribution in [0.2, 0.25) is 0 Å². The molecule has 2 rings (SSSR count). The zero-order chi connectivity index (χ0) is 16.3. The Balaban J connectivity index is 2.80. The van der Waals surface area contributed by atoms with Gasteiger partial charge in [0.15, 0.2) is 0 Å². The highest BCUT2D eigenvalue weighted by Gasteiger charge is 2.21. The lowest BCUT2D eigenvalue weighted by Gasteiger charge is -2.25. The molecule has 0 bridgehead atoms. The Labute approximate surface area is 139 Å². The molecule has 0 atom stereocenters. The van der Waals surface area contributed by atoms with Crippen LogP contribution in [0.15, 0.2) is 22.8 Å². The molecular weight excluding hydrogens is 344 g/mol. The SMILES string of the molecule is CCOC(=O)c1cnc2c(Br)cc(C)cc2c1N(CC)CC. The fourth-order valence-electron chi connectivity index (χ4n) is 2.62. The molecule has 4 nitrogen and oxygen atoms in total. The van der Waals surface area contributed by atoms with Gasteiger partial charge in [-0.1, -0.05) is 0 Å². The van der Waals surface area contributed by atoms with E-state index in [1.165, 1.54) is 0 Å². The van der Waals surface area contributed by atoms with Crippen LogP contribution < -0.4 is 4.90 Å². The average Bonchev–Trinajstić information content (AvgIpc) is 2.48. The third kappa shape index (κ3) is 3.09. The van der Waals surface area contributed by atoms with Crippen molar-refractivity contribution in [2.45, 2.75) is 27.7 Å². The molecule has 1 aromatic carbocycles. The molecule has 2 aromatic rings. The first-order valence-corrected chi connectivity index (χ1v) is 8.33. The number of hydrogen-bond acceptors (Lipinski definition) is 4. The fraction of sp³-hybridized carbons (Fsp3) is 0.412. The Kier molecular flexibility index (Phi) is 5.40. The number of pyridine rings is 1. The van der Waals surface area contributed by atoms with Crippen molar-refractivity contribution in [3.8, 4) is 0 Å². The normalized spacial score (nSPS) is 10.8. The number of ether oxygens (including phenoxy) is 1. The number of aromatic nitrogens is 1. The van der Waals surface area contributed by atoms with Gasteiger partial charge in [-0.2, -0.15) is 0 Å². The molecule has 1 aromatic heterocycles. The summed E-state index contributed by atoms with van der Waals surface area (Å²) in [6.45, 7) is 9.98. The zero-order valence-corrected chi connectivity index (χ0v) is 15.0. The van der Waals surface area contributed by atoms with E-state index >= 15 is 0 Å². The Hall–Kier alpha value is -1.62. The van der Waals surface area contributed by atoms with Crippen LogP contribution in [0.25, 0.3) is 10.9 Å². The van der Waals surface area contributed by atoms with E-state index in [4.69, 9.17) is 4.74 Å². The van der Waals surface area contributed by atoms with Gasteiger partial charge in [-0.25, -0.2) is 4.79 Å². The van der Waals surface area contributed by atoms with E-state index in [-0.39, 0.29) is 5.97 Å². The van der Waals surface area contributed by atoms with E-state index in [0.29, 0.717) is 12.2 Å². The molecule has 0 radical (unpaired) electrons. The number of halogens is 1. The van der Waals surface area contributed by atoms with E-state index in [1.807, 2.05) is 19.9 Å². The van der Waals surface area contributed by atoms with Crippen LogP contribution in [0.1, 0.15) is 36.7 Å². The van der Waals surface area contributed by atoms with Crippen LogP contribution >= 0.6 is 15.9 Å². The van der Waals surface area contributed by atoms with Gasteiger partial charge in [0.25, 0.3) is 0 Å². The number of carbonyl (C=O) groups excluding carboxylic acids is 1. The summed E-state index contributed by atoms with van der Waals surface area (Å²) in [6.07, 6.45) is 1.62. The predicted molar refractivity (Wildman–Crippen MR) is 93.7 cm³/mol. The van der Waals surface area contributed by atoms with E-state index in [9.17, 15) is 4.79 Å². The average molecular weight is 365 g/mol. The lowest BCUT2D eigenvalue weighted by Crippen LogP contribution is -2.25. The quantitative estimate of drug-likeness (QED) is 0.740. The van der Waals surface area contributed by atoms with Crippen molar-refractivity contribution >= 4 is 38.5 Å². The van der Waals surface area contributed by atoms with Gasteiger partial charge in [-0.05, 0) is 61.3 Å². The van der Waals surface area contributed by atoms with Gasteiger partial charge in [0.2, 0.25) is 0 Å². The first kappa shape index (κ1) is 16.7. The highest BCUT2D eigenvalue weighted by Crippen LogP contribution is 2.34. The number of rotatable bonds is 5. The summed E-state index contributed by atoms with van der Waals surface area (Å²) in [5.74, 6) is -0.323. The molecule has 0 amide bonds. The van der Waals surface area contributed by atoms with Crippen molar-refractivity contribution in [3.05, 3.63) is 33.9 Å². The molecule has 0 spiro atoms. The first-order valence-electron chi connectivity index (χ1n) is 7.54. The number of carbonyl (C=O) groups is 1. The van der Waals surface area contributed by atoms with Crippen molar-refractivity contribution in [2.75, 3.05) is 24.6 Å². The van der Waals surface area contributed by atoms with Gasteiger partial charge in [0.1, 0.15) is 5.56 Å². The summed E-state index contributed by atoms with van der Waals surface area (Å²) in [7, 11) is 0. The monoisotopic (exact) mass is 364 g/mol. The minimum absolute atomic E-state index is 0.323. The summed E-state index contributed by atoms with van der Waals surface area (Å²) < 4.78 is 6.14. The van der Waals surface area contributed by atoms with E-state index < -0.39 is 0 Å². The van der Waals surface area contributed by atoms with Crippen LogP contribution in [-0.4, -0.2) is 30.6 Å². The van der Waals surface area contributed by atoms with Gasteiger partial charge in [-0.3, -0.25) is 4.98 Å². The van der Waals surface area contributed by atoms with Crippen molar-refractivity contribution in [1.29, 1.82) is 0 Å². The van der Waals surface area contributed by atoms with Gasteiger partial charge >= 0.3 is 5.97 Å². The molecule has 0 saturated carbocycles. The summed E-state index contributed by atoms with van der Waals surface area (Å²) >= 11 is 3.57. The third-order valence-corrected chi connectivity index (χ3v) is 4.22. The van der Waals surface area contributed by atoms with Crippen LogP contribution in [0.3, 0.4) is 0 Å². The van der Waals surface area contributed by atoms with Crippen LogP contribution in [0, 0.1) is 6.92 Å². The third-order valence-electron chi connectivity index (χ3n) is 3.62. The van der Waals surface area contributed by atoms with Crippen LogP contribution in [-0.2, 0) is 4.74 Å². The maximum atomic E-state index is 12.3. The molecule has 0 N–H and O–H groups in total. The van der Waals surface area contributed by atoms with Crippen molar-refractivity contribution in [2.24, 2.45) is 0 Å².